The van der Waals surface area contributed by atoms with Crippen molar-refractivity contribution in [1.29, 1.82) is 0 Å². The fourth-order valence-electron chi connectivity index (χ4n) is 1.91. The molecule has 0 radical (unpaired) electrons. The summed E-state index contributed by atoms with van der Waals surface area (Å²) in [7, 11) is 0. The van der Waals surface area contributed by atoms with Crippen LogP contribution in [0.1, 0.15) is 43.0 Å². The Hall–Kier alpha value is -1.87. The van der Waals surface area contributed by atoms with Crippen LogP contribution in [0.25, 0.3) is 12.2 Å². The average Bonchev–Trinajstić information content (AvgIpc) is 2.49. The molecule has 0 fully saturated rings. The molecule has 0 bridgehead atoms. The summed E-state index contributed by atoms with van der Waals surface area (Å²) in [6, 6.07) is 2.06. The molecule has 0 aliphatic rings. The van der Waals surface area contributed by atoms with Crippen molar-refractivity contribution in [2.75, 3.05) is 0 Å². The molecule has 3 heteroatoms. The van der Waals surface area contributed by atoms with E-state index in [-0.39, 0.29) is 6.04 Å². The maximum Gasteiger partial charge on any atom is 0.0696 e. The largest absolute Gasteiger partial charge is 0.383 e. The minimum absolute atomic E-state index is 0.00855. The average molecular weight is 271 g/mol. The van der Waals surface area contributed by atoms with Crippen molar-refractivity contribution < 1.29 is 0 Å². The molecular formula is C17H25N3. The first-order valence-electron chi connectivity index (χ1n) is 7.04. The fraction of sp³-hybridized carbons (Fsp3) is 0.353. The number of hydrogen-bond acceptors (Lipinski definition) is 3. The van der Waals surface area contributed by atoms with E-state index in [1.54, 1.807) is 12.2 Å². The monoisotopic (exact) mass is 271 g/mol. The Kier molecular flexibility index (Phi) is 6.74. The van der Waals surface area contributed by atoms with Crippen molar-refractivity contribution in [3.63, 3.8) is 0 Å². The summed E-state index contributed by atoms with van der Waals surface area (Å²) in [6.07, 6.45) is 8.59. The highest BCUT2D eigenvalue weighted by molar-refractivity contribution is 5.60. The summed E-state index contributed by atoms with van der Waals surface area (Å²) in [6.45, 7) is 14.4. The van der Waals surface area contributed by atoms with Crippen LogP contribution in [0.4, 0.5) is 0 Å². The van der Waals surface area contributed by atoms with Gasteiger partial charge in [-0.25, -0.2) is 0 Å². The second-order valence-electron chi connectivity index (χ2n) is 4.85. The first-order chi connectivity index (χ1) is 9.62. The second kappa shape index (κ2) is 8.33. The third-order valence-electron chi connectivity index (χ3n) is 3.26. The number of nitrogens with two attached hydrogens (primary N) is 1. The van der Waals surface area contributed by atoms with Gasteiger partial charge in [-0.3, -0.25) is 4.98 Å². The predicted octanol–water partition coefficient (Wildman–Crippen LogP) is 3.49. The molecule has 0 aliphatic carbocycles. The van der Waals surface area contributed by atoms with E-state index in [0.717, 1.165) is 41.8 Å². The van der Waals surface area contributed by atoms with Gasteiger partial charge in [0.05, 0.1) is 5.69 Å². The lowest BCUT2D eigenvalue weighted by Crippen LogP contribution is -2.30. The van der Waals surface area contributed by atoms with Gasteiger partial charge >= 0.3 is 0 Å². The third kappa shape index (κ3) is 4.67. The molecule has 0 aliphatic heterocycles. The predicted molar refractivity (Wildman–Crippen MR) is 87.9 cm³/mol. The molecular weight excluding hydrogens is 246 g/mol. The van der Waals surface area contributed by atoms with E-state index >= 15 is 0 Å². The molecule has 1 aromatic heterocycles. The van der Waals surface area contributed by atoms with Gasteiger partial charge in [0.15, 0.2) is 0 Å². The zero-order valence-electron chi connectivity index (χ0n) is 12.4. The normalized spacial score (nSPS) is 11.7. The molecule has 0 spiro atoms. The van der Waals surface area contributed by atoms with Crippen molar-refractivity contribution >= 4 is 12.2 Å². The van der Waals surface area contributed by atoms with Gasteiger partial charge in [-0.1, -0.05) is 45.6 Å². The highest BCUT2D eigenvalue weighted by Crippen LogP contribution is 2.12. The van der Waals surface area contributed by atoms with Crippen LogP contribution in [-0.4, -0.2) is 11.0 Å². The Morgan fingerprint density at radius 1 is 1.45 bits per heavy atom. The maximum absolute atomic E-state index is 6.06. The topological polar surface area (TPSA) is 50.9 Å². The van der Waals surface area contributed by atoms with Crippen molar-refractivity contribution in [1.82, 2.24) is 10.3 Å². The quantitative estimate of drug-likeness (QED) is 0.723. The number of nitrogens with one attached hydrogen (secondary N) is 1. The Morgan fingerprint density at radius 2 is 2.20 bits per heavy atom. The number of unbranched alkanes of at least 4 members (excludes halogenated alkanes) is 1. The minimum atomic E-state index is 0.00855. The molecule has 1 rings (SSSR count). The summed E-state index contributed by atoms with van der Waals surface area (Å²) in [5.74, 6) is 0. The molecule has 3 N–H and O–H groups in total. The van der Waals surface area contributed by atoms with Gasteiger partial charge < -0.3 is 11.1 Å². The Labute approximate surface area is 122 Å². The van der Waals surface area contributed by atoms with E-state index in [2.05, 4.69) is 43.0 Å². The third-order valence-corrected chi connectivity index (χ3v) is 3.26. The van der Waals surface area contributed by atoms with Gasteiger partial charge in [-0.05, 0) is 29.7 Å². The van der Waals surface area contributed by atoms with Gasteiger partial charge in [0.25, 0.3) is 0 Å². The van der Waals surface area contributed by atoms with E-state index in [1.807, 2.05) is 6.20 Å². The number of aromatic nitrogens is 1. The van der Waals surface area contributed by atoms with Crippen molar-refractivity contribution in [2.24, 2.45) is 5.73 Å². The van der Waals surface area contributed by atoms with E-state index in [1.165, 1.54) is 0 Å². The number of hydrogen-bond donors (Lipinski definition) is 2. The standard InChI is InChI=1S/C17H25N3/c1-5-8-9-16(18)13(4)19-11-14-10-15(6-2)17(7-3)20-12-14/h6-7,10,12,16,19H,2-5,8-9,11,18H2,1H3. The molecule has 0 aromatic carbocycles. The van der Waals surface area contributed by atoms with Crippen molar-refractivity contribution in [3.05, 3.63) is 54.5 Å². The summed E-state index contributed by atoms with van der Waals surface area (Å²) in [5.41, 5.74) is 9.86. The van der Waals surface area contributed by atoms with Crippen LogP contribution in [0.5, 0.6) is 0 Å². The molecule has 0 saturated carbocycles. The van der Waals surface area contributed by atoms with Gasteiger partial charge in [0, 0.05) is 24.5 Å². The van der Waals surface area contributed by atoms with E-state index in [0.29, 0.717) is 6.54 Å². The highest BCUT2D eigenvalue weighted by Gasteiger charge is 2.07. The van der Waals surface area contributed by atoms with Gasteiger partial charge in [0.1, 0.15) is 0 Å². The smallest absolute Gasteiger partial charge is 0.0696 e. The molecule has 3 nitrogen and oxygen atoms in total. The van der Waals surface area contributed by atoms with Gasteiger partial charge in [-0.15, -0.1) is 0 Å². The summed E-state index contributed by atoms with van der Waals surface area (Å²) in [4.78, 5) is 4.35. The molecule has 1 aromatic rings. The Morgan fingerprint density at radius 3 is 2.80 bits per heavy atom. The first kappa shape index (κ1) is 16.2. The van der Waals surface area contributed by atoms with Crippen LogP contribution < -0.4 is 11.1 Å². The van der Waals surface area contributed by atoms with Crippen LogP contribution in [0, 0.1) is 0 Å². The second-order valence-corrected chi connectivity index (χ2v) is 4.85. The lowest BCUT2D eigenvalue weighted by molar-refractivity contribution is 0.592. The van der Waals surface area contributed by atoms with Crippen LogP contribution in [0.3, 0.4) is 0 Å². The van der Waals surface area contributed by atoms with Crippen LogP contribution >= 0.6 is 0 Å². The summed E-state index contributed by atoms with van der Waals surface area (Å²) < 4.78 is 0. The molecule has 0 amide bonds. The molecule has 20 heavy (non-hydrogen) atoms. The van der Waals surface area contributed by atoms with Crippen LogP contribution in [0.2, 0.25) is 0 Å². The summed E-state index contributed by atoms with van der Waals surface area (Å²) >= 11 is 0. The maximum atomic E-state index is 6.06. The van der Waals surface area contributed by atoms with E-state index in [9.17, 15) is 0 Å². The number of nitrogens with zero attached hydrogens (tertiary/aromatic N) is 1. The van der Waals surface area contributed by atoms with Gasteiger partial charge in [-0.2, -0.15) is 0 Å². The van der Waals surface area contributed by atoms with Crippen molar-refractivity contribution in [3.8, 4) is 0 Å². The summed E-state index contributed by atoms with van der Waals surface area (Å²) in [5, 5.41) is 3.28. The SMILES string of the molecule is C=Cc1cc(CNC(=C)C(N)CCCC)cnc1C=C. The fourth-order valence-corrected chi connectivity index (χ4v) is 1.91. The Bertz CT molecular complexity index is 477. The zero-order valence-corrected chi connectivity index (χ0v) is 12.4. The zero-order chi connectivity index (χ0) is 15.0. The van der Waals surface area contributed by atoms with Gasteiger partial charge in [0.2, 0.25) is 0 Å². The highest BCUT2D eigenvalue weighted by atomic mass is 14.9. The van der Waals surface area contributed by atoms with Crippen LogP contribution in [0.15, 0.2) is 37.7 Å². The lowest BCUT2D eigenvalue weighted by Gasteiger charge is -2.16. The first-order valence-corrected chi connectivity index (χ1v) is 7.04. The number of pyridine rings is 1. The van der Waals surface area contributed by atoms with E-state index < -0.39 is 0 Å². The van der Waals surface area contributed by atoms with Crippen molar-refractivity contribution in [2.45, 2.75) is 38.8 Å². The van der Waals surface area contributed by atoms with Crippen LogP contribution in [-0.2, 0) is 6.54 Å². The lowest BCUT2D eigenvalue weighted by atomic mass is 10.1. The van der Waals surface area contributed by atoms with E-state index in [4.69, 9.17) is 5.73 Å². The molecule has 1 unspecified atom stereocenters. The molecule has 0 saturated heterocycles. The molecule has 108 valence electrons. The minimum Gasteiger partial charge on any atom is -0.383 e. The molecule has 1 atom stereocenters. The number of rotatable bonds is 9. The Balaban J connectivity index is 2.59. The molecule has 1 heterocycles.